The van der Waals surface area contributed by atoms with Crippen molar-refractivity contribution in [3.8, 4) is 0 Å². The van der Waals surface area contributed by atoms with E-state index in [0.717, 1.165) is 29.9 Å². The fourth-order valence-corrected chi connectivity index (χ4v) is 6.72. The first kappa shape index (κ1) is 23.3. The van der Waals surface area contributed by atoms with E-state index in [0.29, 0.717) is 24.9 Å². The van der Waals surface area contributed by atoms with Crippen molar-refractivity contribution in [1.82, 2.24) is 14.9 Å². The number of H-pyrrole nitrogens is 1. The van der Waals surface area contributed by atoms with Crippen molar-refractivity contribution in [1.29, 1.82) is 0 Å². The van der Waals surface area contributed by atoms with Crippen molar-refractivity contribution in [2.75, 3.05) is 27.3 Å². The summed E-state index contributed by atoms with van der Waals surface area (Å²) >= 11 is 0. The standard InChI is InChI=1S/C25H39N3O4/c1-17(15-32-24(30)22(28(2)3)9-21-13-26-16-27-21)14-31-23(29)4-5-25-10-18-6-19(11-25)8-20(7-18)12-25/h13,16-20,22H,4-12,14-15H2,1-3H3,(H,26,27)/t17?,18?,19?,20?,22-,25?/m0/s1. The lowest BCUT2D eigenvalue weighted by Gasteiger charge is -2.57. The van der Waals surface area contributed by atoms with E-state index in [-0.39, 0.29) is 30.5 Å². The maximum absolute atomic E-state index is 12.6. The molecule has 178 valence electrons. The van der Waals surface area contributed by atoms with Crippen LogP contribution in [-0.2, 0) is 25.5 Å². The van der Waals surface area contributed by atoms with Crippen molar-refractivity contribution in [3.05, 3.63) is 18.2 Å². The lowest BCUT2D eigenvalue weighted by Crippen LogP contribution is -2.46. The number of aromatic nitrogens is 2. The highest BCUT2D eigenvalue weighted by molar-refractivity contribution is 5.76. The maximum atomic E-state index is 12.6. The third-order valence-corrected chi connectivity index (χ3v) is 7.93. The van der Waals surface area contributed by atoms with E-state index in [1.54, 1.807) is 12.5 Å². The molecule has 32 heavy (non-hydrogen) atoms. The van der Waals surface area contributed by atoms with Crippen molar-refractivity contribution in [2.45, 2.75) is 70.8 Å². The number of imidazole rings is 1. The van der Waals surface area contributed by atoms with E-state index in [1.165, 1.54) is 38.5 Å². The molecule has 4 aliphatic rings. The average molecular weight is 446 g/mol. The Morgan fingerprint density at radius 1 is 1.12 bits per heavy atom. The zero-order valence-corrected chi connectivity index (χ0v) is 19.8. The number of esters is 2. The molecule has 7 nitrogen and oxygen atoms in total. The van der Waals surface area contributed by atoms with E-state index in [4.69, 9.17) is 9.47 Å². The van der Waals surface area contributed by atoms with Gasteiger partial charge in [0.25, 0.3) is 0 Å². The molecule has 0 amide bonds. The summed E-state index contributed by atoms with van der Waals surface area (Å²) in [5.41, 5.74) is 1.30. The number of likely N-dealkylation sites (N-methyl/N-ethyl adjacent to an activating group) is 1. The Balaban J connectivity index is 1.15. The number of nitrogens with one attached hydrogen (secondary N) is 1. The molecule has 4 aliphatic carbocycles. The zero-order valence-electron chi connectivity index (χ0n) is 19.8. The quantitative estimate of drug-likeness (QED) is 0.524. The minimum Gasteiger partial charge on any atom is -0.465 e. The zero-order chi connectivity index (χ0) is 22.7. The molecule has 0 aromatic carbocycles. The van der Waals surface area contributed by atoms with Gasteiger partial charge in [0, 0.05) is 30.7 Å². The Kier molecular flexibility index (Phi) is 7.23. The number of carbonyl (C=O) groups excluding carboxylic acids is 2. The van der Waals surface area contributed by atoms with Crippen LogP contribution in [0, 0.1) is 29.1 Å². The van der Waals surface area contributed by atoms with Crippen LogP contribution >= 0.6 is 0 Å². The number of carbonyl (C=O) groups is 2. The molecule has 4 saturated carbocycles. The van der Waals surface area contributed by atoms with Gasteiger partial charge in [0.2, 0.25) is 0 Å². The van der Waals surface area contributed by atoms with Crippen LogP contribution in [0.15, 0.2) is 12.5 Å². The SMILES string of the molecule is CC(COC(=O)CCC12CC3CC(CC(C3)C1)C2)COC(=O)[C@H](Cc1cnc[nH]1)N(C)C. The van der Waals surface area contributed by atoms with Crippen LogP contribution in [0.1, 0.15) is 64.0 Å². The second-order valence-electron chi connectivity index (χ2n) is 11.1. The monoisotopic (exact) mass is 445 g/mol. The van der Waals surface area contributed by atoms with Crippen LogP contribution in [0.2, 0.25) is 0 Å². The molecule has 1 N–H and O–H groups in total. The third kappa shape index (κ3) is 5.72. The van der Waals surface area contributed by atoms with E-state index >= 15 is 0 Å². The summed E-state index contributed by atoms with van der Waals surface area (Å²) in [4.78, 5) is 33.8. The molecule has 0 spiro atoms. The minimum absolute atomic E-state index is 0.0302. The van der Waals surface area contributed by atoms with Crippen molar-refractivity contribution in [3.63, 3.8) is 0 Å². The van der Waals surface area contributed by atoms with Crippen molar-refractivity contribution < 1.29 is 19.1 Å². The van der Waals surface area contributed by atoms with E-state index in [1.807, 2.05) is 25.9 Å². The third-order valence-electron chi connectivity index (χ3n) is 7.93. The summed E-state index contributed by atoms with van der Waals surface area (Å²) in [5, 5.41) is 0. The number of ether oxygens (including phenoxy) is 2. The molecule has 4 fully saturated rings. The highest BCUT2D eigenvalue weighted by Gasteiger charge is 2.50. The predicted octanol–water partition coefficient (Wildman–Crippen LogP) is 3.60. The Bertz CT molecular complexity index is 741. The van der Waals surface area contributed by atoms with Crippen LogP contribution in [0.25, 0.3) is 0 Å². The molecule has 1 aromatic heterocycles. The largest absolute Gasteiger partial charge is 0.465 e. The molecule has 1 unspecified atom stereocenters. The molecule has 0 saturated heterocycles. The number of nitrogens with zero attached hydrogens (tertiary/aromatic N) is 2. The van der Waals surface area contributed by atoms with Crippen LogP contribution < -0.4 is 0 Å². The summed E-state index contributed by atoms with van der Waals surface area (Å²) in [6.07, 6.45) is 13.6. The predicted molar refractivity (Wildman–Crippen MR) is 121 cm³/mol. The smallest absolute Gasteiger partial charge is 0.323 e. The molecule has 7 heteroatoms. The highest BCUT2D eigenvalue weighted by atomic mass is 16.5. The van der Waals surface area contributed by atoms with E-state index < -0.39 is 0 Å². The van der Waals surface area contributed by atoms with E-state index in [2.05, 4.69) is 9.97 Å². The van der Waals surface area contributed by atoms with Crippen molar-refractivity contribution in [2.24, 2.45) is 29.1 Å². The molecular weight excluding hydrogens is 406 g/mol. The van der Waals surface area contributed by atoms with Gasteiger partial charge < -0.3 is 14.5 Å². The topological polar surface area (TPSA) is 84.5 Å². The average Bonchev–Trinajstić information content (AvgIpc) is 3.25. The normalized spacial score (nSPS) is 30.3. The summed E-state index contributed by atoms with van der Waals surface area (Å²) in [5.74, 6) is 2.31. The van der Waals surface area contributed by atoms with Crippen LogP contribution in [0.3, 0.4) is 0 Å². The molecule has 0 aliphatic heterocycles. The van der Waals surface area contributed by atoms with Gasteiger partial charge in [0.15, 0.2) is 0 Å². The Hall–Kier alpha value is -1.89. The molecule has 5 rings (SSSR count). The highest BCUT2D eigenvalue weighted by Crippen LogP contribution is 2.61. The molecule has 1 heterocycles. The maximum Gasteiger partial charge on any atom is 0.323 e. The lowest BCUT2D eigenvalue weighted by atomic mass is 9.48. The molecule has 1 aromatic rings. The summed E-state index contributed by atoms with van der Waals surface area (Å²) in [6, 6.07) is -0.384. The fourth-order valence-electron chi connectivity index (χ4n) is 6.72. The summed E-state index contributed by atoms with van der Waals surface area (Å²) < 4.78 is 11.1. The first-order valence-corrected chi connectivity index (χ1v) is 12.3. The molecule has 0 radical (unpaired) electrons. The second kappa shape index (κ2) is 9.94. The van der Waals surface area contributed by atoms with Gasteiger partial charge in [0.05, 0.1) is 19.5 Å². The Labute approximate surface area is 191 Å². The number of hydrogen-bond acceptors (Lipinski definition) is 6. The summed E-state index contributed by atoms with van der Waals surface area (Å²) in [7, 11) is 3.72. The van der Waals surface area contributed by atoms with Gasteiger partial charge in [-0.05, 0) is 82.2 Å². The first-order valence-electron chi connectivity index (χ1n) is 12.3. The van der Waals surface area contributed by atoms with Crippen LogP contribution in [-0.4, -0.2) is 60.2 Å². The van der Waals surface area contributed by atoms with Crippen LogP contribution in [0.5, 0.6) is 0 Å². The summed E-state index contributed by atoms with van der Waals surface area (Å²) in [6.45, 7) is 2.48. The van der Waals surface area contributed by atoms with Gasteiger partial charge in [-0.15, -0.1) is 0 Å². The molecule has 4 bridgehead atoms. The Morgan fingerprint density at radius 3 is 2.31 bits per heavy atom. The molecular formula is C25H39N3O4. The van der Waals surface area contributed by atoms with Crippen molar-refractivity contribution >= 4 is 11.9 Å². The minimum atomic E-state index is -0.384. The van der Waals surface area contributed by atoms with Gasteiger partial charge >= 0.3 is 11.9 Å². The van der Waals surface area contributed by atoms with Gasteiger partial charge in [-0.2, -0.15) is 0 Å². The van der Waals surface area contributed by atoms with Crippen LogP contribution in [0.4, 0.5) is 0 Å². The van der Waals surface area contributed by atoms with Gasteiger partial charge in [-0.1, -0.05) is 6.92 Å². The molecule has 2 atom stereocenters. The van der Waals surface area contributed by atoms with Gasteiger partial charge in [0.1, 0.15) is 6.04 Å². The fraction of sp³-hybridized carbons (Fsp3) is 0.800. The number of hydrogen-bond donors (Lipinski definition) is 1. The number of rotatable bonds is 11. The van der Waals surface area contributed by atoms with Gasteiger partial charge in [-0.3, -0.25) is 14.5 Å². The lowest BCUT2D eigenvalue weighted by molar-refractivity contribution is -0.152. The second-order valence-corrected chi connectivity index (χ2v) is 11.1. The Morgan fingerprint density at radius 2 is 1.75 bits per heavy atom. The van der Waals surface area contributed by atoms with E-state index in [9.17, 15) is 9.59 Å². The first-order chi connectivity index (χ1) is 15.3. The van der Waals surface area contributed by atoms with Gasteiger partial charge in [-0.25, -0.2) is 4.98 Å². The number of aromatic amines is 1.